The van der Waals surface area contributed by atoms with Crippen molar-refractivity contribution in [2.45, 2.75) is 45.4 Å². The van der Waals surface area contributed by atoms with Crippen LogP contribution in [0, 0.1) is 6.92 Å². The quantitative estimate of drug-likeness (QED) is 0.490. The van der Waals surface area contributed by atoms with Crippen LogP contribution in [0.5, 0.6) is 0 Å². The third-order valence-electron chi connectivity index (χ3n) is 6.85. The molecule has 3 aromatic carbocycles. The number of rotatable bonds is 8. The van der Waals surface area contributed by atoms with Crippen molar-refractivity contribution in [3.05, 3.63) is 106 Å². The number of benzene rings is 3. The van der Waals surface area contributed by atoms with Crippen molar-refractivity contribution in [2.75, 3.05) is 26.2 Å². The van der Waals surface area contributed by atoms with E-state index in [0.717, 1.165) is 76.4 Å². The van der Waals surface area contributed by atoms with Gasteiger partial charge in [-0.3, -0.25) is 9.98 Å². The molecular formula is C31H36N4. The number of amidine groups is 2. The fourth-order valence-corrected chi connectivity index (χ4v) is 4.92. The van der Waals surface area contributed by atoms with Crippen molar-refractivity contribution in [3.8, 4) is 0 Å². The summed E-state index contributed by atoms with van der Waals surface area (Å²) in [6, 6.07) is 24.9. The molecule has 4 heteroatoms. The first-order valence-corrected chi connectivity index (χ1v) is 13.1. The van der Waals surface area contributed by atoms with Crippen molar-refractivity contribution in [1.29, 1.82) is 0 Å². The molecule has 0 aliphatic carbocycles. The number of aryl methyl sites for hydroxylation is 5. The van der Waals surface area contributed by atoms with E-state index in [1.54, 1.807) is 0 Å². The first kappa shape index (κ1) is 23.3. The van der Waals surface area contributed by atoms with Crippen molar-refractivity contribution in [1.82, 2.24) is 10.6 Å². The molecular weight excluding hydrogens is 428 g/mol. The van der Waals surface area contributed by atoms with E-state index in [0.29, 0.717) is 0 Å². The number of hydrogen-bond donors (Lipinski definition) is 2. The van der Waals surface area contributed by atoms with E-state index in [1.165, 1.54) is 38.9 Å². The summed E-state index contributed by atoms with van der Waals surface area (Å²) in [6.07, 6.45) is 6.50. The van der Waals surface area contributed by atoms with E-state index in [-0.39, 0.29) is 0 Å². The van der Waals surface area contributed by atoms with Gasteiger partial charge in [-0.15, -0.1) is 0 Å². The van der Waals surface area contributed by atoms with Crippen molar-refractivity contribution < 1.29 is 0 Å². The van der Waals surface area contributed by atoms with Gasteiger partial charge in [-0.05, 0) is 67.7 Å². The zero-order valence-corrected chi connectivity index (χ0v) is 20.8. The van der Waals surface area contributed by atoms with Gasteiger partial charge in [0.2, 0.25) is 0 Å². The fraction of sp³-hybridized carbons (Fsp3) is 0.355. The fourth-order valence-electron chi connectivity index (χ4n) is 4.92. The van der Waals surface area contributed by atoms with Gasteiger partial charge in [0.1, 0.15) is 11.7 Å². The summed E-state index contributed by atoms with van der Waals surface area (Å²) in [4.78, 5) is 9.21. The maximum absolute atomic E-state index is 4.60. The first-order valence-electron chi connectivity index (χ1n) is 13.1. The molecule has 35 heavy (non-hydrogen) atoms. The van der Waals surface area contributed by atoms with Crippen LogP contribution in [0.4, 0.5) is 0 Å². The lowest BCUT2D eigenvalue weighted by molar-refractivity contribution is 0.742. The Morgan fingerprint density at radius 3 is 1.40 bits per heavy atom. The summed E-state index contributed by atoms with van der Waals surface area (Å²) in [6.45, 7) is 6.12. The van der Waals surface area contributed by atoms with Crippen LogP contribution in [0.2, 0.25) is 0 Å². The molecule has 0 atom stereocenters. The van der Waals surface area contributed by atoms with Gasteiger partial charge in [0.15, 0.2) is 0 Å². The van der Waals surface area contributed by atoms with E-state index >= 15 is 0 Å². The van der Waals surface area contributed by atoms with Gasteiger partial charge in [0.05, 0.1) is 0 Å². The Bertz CT molecular complexity index is 1100. The molecule has 180 valence electrons. The number of hydrogen-bond acceptors (Lipinski definition) is 4. The molecule has 0 saturated heterocycles. The van der Waals surface area contributed by atoms with E-state index in [2.05, 4.69) is 94.3 Å². The third kappa shape index (κ3) is 6.39. The molecule has 0 spiro atoms. The molecule has 2 N–H and O–H groups in total. The molecule has 0 unspecified atom stereocenters. The van der Waals surface area contributed by atoms with E-state index < -0.39 is 0 Å². The second-order valence-electron chi connectivity index (χ2n) is 9.74. The Kier molecular flexibility index (Phi) is 7.57. The molecule has 2 heterocycles. The van der Waals surface area contributed by atoms with Gasteiger partial charge >= 0.3 is 0 Å². The average Bonchev–Trinajstić information content (AvgIpc) is 2.92. The lowest BCUT2D eigenvalue weighted by Gasteiger charge is -2.15. The summed E-state index contributed by atoms with van der Waals surface area (Å²) in [5, 5.41) is 6.82. The van der Waals surface area contributed by atoms with Gasteiger partial charge in [-0.1, -0.05) is 72.3 Å². The van der Waals surface area contributed by atoms with Gasteiger partial charge in [0.25, 0.3) is 0 Å². The third-order valence-corrected chi connectivity index (χ3v) is 6.85. The predicted molar refractivity (Wildman–Crippen MR) is 147 cm³/mol. The van der Waals surface area contributed by atoms with Crippen LogP contribution in [0.15, 0.2) is 76.7 Å². The van der Waals surface area contributed by atoms with Crippen LogP contribution in [0.1, 0.15) is 51.8 Å². The molecule has 2 aliphatic heterocycles. The molecule has 0 bridgehead atoms. The monoisotopic (exact) mass is 464 g/mol. The first-order chi connectivity index (χ1) is 17.2. The van der Waals surface area contributed by atoms with Crippen LogP contribution < -0.4 is 10.6 Å². The summed E-state index contributed by atoms with van der Waals surface area (Å²) in [5.74, 6) is 2.08. The highest BCUT2D eigenvalue weighted by Crippen LogP contribution is 2.17. The zero-order chi connectivity index (χ0) is 23.9. The van der Waals surface area contributed by atoms with Crippen LogP contribution >= 0.6 is 0 Å². The highest BCUT2D eigenvalue weighted by atomic mass is 15.0. The Labute approximate surface area is 209 Å². The van der Waals surface area contributed by atoms with E-state index in [9.17, 15) is 0 Å². The number of aliphatic imine (C=N–C) groups is 2. The van der Waals surface area contributed by atoms with Crippen LogP contribution in [0.3, 0.4) is 0 Å². The molecule has 0 saturated carbocycles. The highest BCUT2D eigenvalue weighted by molar-refractivity contribution is 5.99. The highest BCUT2D eigenvalue weighted by Gasteiger charge is 2.08. The van der Waals surface area contributed by atoms with Gasteiger partial charge in [-0.2, -0.15) is 0 Å². The topological polar surface area (TPSA) is 48.8 Å². The Morgan fingerprint density at radius 2 is 1.00 bits per heavy atom. The van der Waals surface area contributed by atoms with Crippen LogP contribution in [-0.2, 0) is 25.7 Å². The van der Waals surface area contributed by atoms with Gasteiger partial charge in [-0.25, -0.2) is 0 Å². The van der Waals surface area contributed by atoms with Crippen LogP contribution in [0.25, 0.3) is 0 Å². The lowest BCUT2D eigenvalue weighted by Crippen LogP contribution is -2.30. The minimum atomic E-state index is 0.929. The van der Waals surface area contributed by atoms with Crippen molar-refractivity contribution in [2.24, 2.45) is 9.98 Å². The smallest absolute Gasteiger partial charge is 0.128 e. The minimum Gasteiger partial charge on any atom is -0.370 e. The van der Waals surface area contributed by atoms with Crippen LogP contribution in [-0.4, -0.2) is 37.9 Å². The van der Waals surface area contributed by atoms with Crippen molar-refractivity contribution in [3.63, 3.8) is 0 Å². The predicted octanol–water partition coefficient (Wildman–Crippen LogP) is 5.05. The van der Waals surface area contributed by atoms with Crippen molar-refractivity contribution >= 4 is 11.7 Å². The second-order valence-corrected chi connectivity index (χ2v) is 9.74. The Morgan fingerprint density at radius 1 is 0.571 bits per heavy atom. The molecule has 5 rings (SSSR count). The zero-order valence-electron chi connectivity index (χ0n) is 20.8. The molecule has 2 aliphatic rings. The minimum absolute atomic E-state index is 0.929. The summed E-state index contributed by atoms with van der Waals surface area (Å²) in [7, 11) is 0. The molecule has 0 radical (unpaired) electrons. The average molecular weight is 465 g/mol. The number of nitrogens with zero attached hydrogens (tertiary/aromatic N) is 2. The lowest BCUT2D eigenvalue weighted by atomic mass is 9.96. The second kappa shape index (κ2) is 11.4. The SMILES string of the molecule is Cc1cc(CCc2ccc(C3=NCCCN3)cc2)cc(CCc2ccc(C3=NCCCN3)cc2)c1. The van der Waals surface area contributed by atoms with E-state index in [4.69, 9.17) is 0 Å². The maximum atomic E-state index is 4.60. The largest absolute Gasteiger partial charge is 0.370 e. The van der Waals surface area contributed by atoms with E-state index in [1.807, 2.05) is 0 Å². The van der Waals surface area contributed by atoms with Gasteiger partial charge < -0.3 is 10.6 Å². The molecule has 0 amide bonds. The van der Waals surface area contributed by atoms with Gasteiger partial charge in [0, 0.05) is 37.3 Å². The maximum Gasteiger partial charge on any atom is 0.128 e. The number of nitrogens with one attached hydrogen (secondary N) is 2. The Balaban J connectivity index is 1.16. The Hall–Kier alpha value is -3.40. The molecule has 4 nitrogen and oxygen atoms in total. The summed E-state index contributed by atoms with van der Waals surface area (Å²) >= 11 is 0. The molecule has 0 fully saturated rings. The standard InChI is InChI=1S/C31H36N4/c1-23-20-26(6-4-24-8-12-28(13-9-24)30-32-16-2-17-33-30)22-27(21-23)7-5-25-10-14-29(15-11-25)31-34-18-3-19-35-31/h8-15,20-22H,2-7,16-19H2,1H3,(H,32,33)(H,34,35). The molecule has 0 aromatic heterocycles. The summed E-state index contributed by atoms with van der Waals surface area (Å²) in [5.41, 5.74) is 9.37. The normalized spacial score (nSPS) is 15.6. The summed E-state index contributed by atoms with van der Waals surface area (Å²) < 4.78 is 0. The molecule has 3 aromatic rings.